The van der Waals surface area contributed by atoms with Crippen LogP contribution in [0.1, 0.15) is 12.1 Å². The first-order valence-corrected chi connectivity index (χ1v) is 7.92. The van der Waals surface area contributed by atoms with Crippen molar-refractivity contribution in [2.45, 2.75) is 18.9 Å². The lowest BCUT2D eigenvalue weighted by Crippen LogP contribution is -2.28. The maximum atomic E-state index is 12.4. The van der Waals surface area contributed by atoms with Crippen LogP contribution in [0, 0.1) is 0 Å². The number of ether oxygens (including phenoxy) is 1. The minimum Gasteiger partial charge on any atom is -0.495 e. The first-order valence-electron chi connectivity index (χ1n) is 7.92. The number of amides is 1. The quantitative estimate of drug-likeness (QED) is 0.828. The molecule has 0 spiro atoms. The van der Waals surface area contributed by atoms with Gasteiger partial charge in [0, 0.05) is 31.1 Å². The molecule has 1 unspecified atom stereocenters. The van der Waals surface area contributed by atoms with Gasteiger partial charge in [-0.05, 0) is 18.7 Å². The fraction of sp³-hybridized carbons (Fsp3) is 0.353. The van der Waals surface area contributed by atoms with E-state index in [2.05, 4.69) is 15.3 Å². The molecule has 24 heavy (non-hydrogen) atoms. The predicted molar refractivity (Wildman–Crippen MR) is 92.2 cm³/mol. The number of hydrogen-bond donors (Lipinski definition) is 2. The van der Waals surface area contributed by atoms with Crippen LogP contribution >= 0.6 is 0 Å². The summed E-state index contributed by atoms with van der Waals surface area (Å²) in [5.41, 5.74) is 7.24. The molecule has 7 heteroatoms. The van der Waals surface area contributed by atoms with Crippen LogP contribution in [0.5, 0.6) is 5.75 Å². The third-order valence-electron chi connectivity index (χ3n) is 3.98. The Balaban J connectivity index is 1.72. The lowest BCUT2D eigenvalue weighted by Gasteiger charge is -2.20. The molecule has 0 radical (unpaired) electrons. The van der Waals surface area contributed by atoms with Crippen molar-refractivity contribution in [3.63, 3.8) is 0 Å². The van der Waals surface area contributed by atoms with Crippen molar-refractivity contribution in [1.29, 1.82) is 0 Å². The number of anilines is 2. The molecular weight excluding hydrogens is 306 g/mol. The molecule has 3 N–H and O–H groups in total. The lowest BCUT2D eigenvalue weighted by atomic mass is 10.2. The Bertz CT molecular complexity index is 722. The molecule has 1 amide bonds. The number of aromatic nitrogens is 2. The average Bonchev–Trinajstić information content (AvgIpc) is 2.95. The van der Waals surface area contributed by atoms with Gasteiger partial charge in [0.2, 0.25) is 5.91 Å². The summed E-state index contributed by atoms with van der Waals surface area (Å²) in [6, 6.07) is 9.40. The summed E-state index contributed by atoms with van der Waals surface area (Å²) in [7, 11) is 1.61. The van der Waals surface area contributed by atoms with E-state index in [4.69, 9.17) is 10.5 Å². The second kappa shape index (κ2) is 7.27. The van der Waals surface area contributed by atoms with E-state index in [0.29, 0.717) is 37.5 Å². The van der Waals surface area contributed by atoms with Crippen LogP contribution < -0.4 is 20.7 Å². The monoisotopic (exact) mass is 327 g/mol. The number of benzene rings is 1. The van der Waals surface area contributed by atoms with Crippen LogP contribution in [-0.2, 0) is 11.2 Å². The Morgan fingerprint density at radius 1 is 1.38 bits per heavy atom. The van der Waals surface area contributed by atoms with Gasteiger partial charge in [-0.15, -0.1) is 0 Å². The summed E-state index contributed by atoms with van der Waals surface area (Å²) in [6.07, 6.45) is 2.63. The van der Waals surface area contributed by atoms with Crippen molar-refractivity contribution >= 4 is 17.4 Å². The highest BCUT2D eigenvalue weighted by molar-refractivity contribution is 5.98. The number of methoxy groups -OCH3 is 1. The van der Waals surface area contributed by atoms with E-state index < -0.39 is 0 Å². The first-order chi connectivity index (χ1) is 11.7. The topological polar surface area (TPSA) is 93.4 Å². The first kappa shape index (κ1) is 16.2. The molecule has 2 heterocycles. The average molecular weight is 327 g/mol. The highest BCUT2D eigenvalue weighted by Gasteiger charge is 2.32. The van der Waals surface area contributed by atoms with Crippen LogP contribution in [0.2, 0.25) is 0 Å². The molecule has 2 aromatic rings. The van der Waals surface area contributed by atoms with E-state index in [-0.39, 0.29) is 11.9 Å². The van der Waals surface area contributed by atoms with E-state index in [1.165, 1.54) is 6.33 Å². The zero-order chi connectivity index (χ0) is 16.9. The molecule has 0 saturated carbocycles. The van der Waals surface area contributed by atoms with E-state index in [1.807, 2.05) is 30.3 Å². The number of carbonyl (C=O) groups excluding carboxylic acids is 1. The van der Waals surface area contributed by atoms with Crippen molar-refractivity contribution < 1.29 is 9.53 Å². The van der Waals surface area contributed by atoms with Gasteiger partial charge in [0.05, 0.1) is 18.8 Å². The summed E-state index contributed by atoms with van der Waals surface area (Å²) in [5.74, 6) is 1.47. The second-order valence-electron chi connectivity index (χ2n) is 5.65. The molecular formula is C17H21N5O2. The number of carbonyl (C=O) groups is 1. The highest BCUT2D eigenvalue weighted by Crippen LogP contribution is 2.31. The predicted octanol–water partition coefficient (Wildman–Crippen LogP) is 1.20. The molecule has 7 nitrogen and oxygen atoms in total. The molecule has 1 saturated heterocycles. The zero-order valence-corrected chi connectivity index (χ0v) is 13.6. The summed E-state index contributed by atoms with van der Waals surface area (Å²) < 4.78 is 5.36. The van der Waals surface area contributed by atoms with Crippen LogP contribution in [-0.4, -0.2) is 42.1 Å². The number of nitrogens with zero attached hydrogens (tertiary/aromatic N) is 3. The van der Waals surface area contributed by atoms with E-state index in [0.717, 1.165) is 11.4 Å². The van der Waals surface area contributed by atoms with Crippen molar-refractivity contribution in [3.8, 4) is 5.75 Å². The van der Waals surface area contributed by atoms with Crippen molar-refractivity contribution in [2.24, 2.45) is 5.73 Å². The smallest absolute Gasteiger partial charge is 0.229 e. The summed E-state index contributed by atoms with van der Waals surface area (Å²) in [5, 5.41) is 3.31. The SMILES string of the molecule is COc1ccccc1N1CC(Nc2cc(CCN)ncn2)CC1=O. The minimum absolute atomic E-state index is 0.0111. The van der Waals surface area contributed by atoms with Gasteiger partial charge in [-0.2, -0.15) is 0 Å². The molecule has 1 aliphatic rings. The standard InChI is InChI=1S/C17H21N5O2/c1-24-15-5-3-2-4-14(15)22-10-13(9-17(22)23)21-16-8-12(6-7-18)19-11-20-16/h2-5,8,11,13H,6-7,9-10,18H2,1H3,(H,19,20,21). The number of nitrogens with two attached hydrogens (primary N) is 1. The van der Waals surface area contributed by atoms with Gasteiger partial charge < -0.3 is 20.7 Å². The Morgan fingerprint density at radius 2 is 2.21 bits per heavy atom. The molecule has 1 aromatic heterocycles. The van der Waals surface area contributed by atoms with Gasteiger partial charge in [0.15, 0.2) is 0 Å². The van der Waals surface area contributed by atoms with Gasteiger partial charge in [-0.1, -0.05) is 12.1 Å². The van der Waals surface area contributed by atoms with Gasteiger partial charge >= 0.3 is 0 Å². The van der Waals surface area contributed by atoms with E-state index >= 15 is 0 Å². The Labute approximate surface area is 140 Å². The maximum absolute atomic E-state index is 12.4. The van der Waals surface area contributed by atoms with Crippen molar-refractivity contribution in [3.05, 3.63) is 42.4 Å². The molecule has 1 fully saturated rings. The highest BCUT2D eigenvalue weighted by atomic mass is 16.5. The summed E-state index contributed by atoms with van der Waals surface area (Å²) in [6.45, 7) is 1.11. The fourth-order valence-electron chi connectivity index (χ4n) is 2.86. The van der Waals surface area contributed by atoms with Crippen LogP contribution in [0.3, 0.4) is 0 Å². The second-order valence-corrected chi connectivity index (χ2v) is 5.65. The van der Waals surface area contributed by atoms with Gasteiger partial charge in [0.25, 0.3) is 0 Å². The van der Waals surface area contributed by atoms with Gasteiger partial charge in [0.1, 0.15) is 17.9 Å². The van der Waals surface area contributed by atoms with E-state index in [1.54, 1.807) is 12.0 Å². The van der Waals surface area contributed by atoms with Gasteiger partial charge in [-0.3, -0.25) is 4.79 Å². The number of nitrogens with one attached hydrogen (secondary N) is 1. The van der Waals surface area contributed by atoms with Gasteiger partial charge in [-0.25, -0.2) is 9.97 Å². The minimum atomic E-state index is -0.0111. The lowest BCUT2D eigenvalue weighted by molar-refractivity contribution is -0.117. The summed E-state index contributed by atoms with van der Waals surface area (Å²) >= 11 is 0. The molecule has 3 rings (SSSR count). The molecule has 126 valence electrons. The number of para-hydroxylation sites is 2. The number of hydrogen-bond acceptors (Lipinski definition) is 6. The summed E-state index contributed by atoms with van der Waals surface area (Å²) in [4.78, 5) is 22.5. The maximum Gasteiger partial charge on any atom is 0.229 e. The Morgan fingerprint density at radius 3 is 3.00 bits per heavy atom. The molecule has 1 aromatic carbocycles. The molecule has 1 aliphatic heterocycles. The third-order valence-corrected chi connectivity index (χ3v) is 3.98. The van der Waals surface area contributed by atoms with Crippen LogP contribution in [0.25, 0.3) is 0 Å². The van der Waals surface area contributed by atoms with E-state index in [9.17, 15) is 4.79 Å². The molecule has 0 bridgehead atoms. The third kappa shape index (κ3) is 3.46. The van der Waals surface area contributed by atoms with Crippen LogP contribution in [0.15, 0.2) is 36.7 Å². The largest absolute Gasteiger partial charge is 0.495 e. The van der Waals surface area contributed by atoms with Crippen molar-refractivity contribution in [2.75, 3.05) is 30.4 Å². The normalized spacial score (nSPS) is 17.2. The van der Waals surface area contributed by atoms with Crippen molar-refractivity contribution in [1.82, 2.24) is 9.97 Å². The zero-order valence-electron chi connectivity index (χ0n) is 13.6. The Hall–Kier alpha value is -2.67. The number of rotatable bonds is 6. The molecule has 1 atom stereocenters. The fourth-order valence-corrected chi connectivity index (χ4v) is 2.86. The Kier molecular flexibility index (Phi) is 4.90. The molecule has 0 aliphatic carbocycles. The van der Waals surface area contributed by atoms with Crippen LogP contribution in [0.4, 0.5) is 11.5 Å².